The van der Waals surface area contributed by atoms with Crippen LogP contribution in [0, 0.1) is 0 Å². The van der Waals surface area contributed by atoms with Crippen molar-refractivity contribution in [3.05, 3.63) is 29.8 Å². The van der Waals surface area contributed by atoms with Crippen molar-refractivity contribution in [1.29, 1.82) is 0 Å². The molecule has 3 heteroatoms. The van der Waals surface area contributed by atoms with Crippen molar-refractivity contribution < 1.29 is 4.74 Å². The van der Waals surface area contributed by atoms with E-state index in [0.29, 0.717) is 12.1 Å². The first-order valence-corrected chi connectivity index (χ1v) is 8.88. The van der Waals surface area contributed by atoms with Gasteiger partial charge in [0.15, 0.2) is 0 Å². The second-order valence-electron chi connectivity index (χ2n) is 6.31. The number of fused-ring (bicyclic) bond motifs is 2. The molecule has 0 aromatic heterocycles. The number of nitrogens with zero attached hydrogens (tertiary/aromatic N) is 1. The van der Waals surface area contributed by atoms with Crippen LogP contribution in [0.2, 0.25) is 0 Å². The van der Waals surface area contributed by atoms with Crippen molar-refractivity contribution in [3.8, 4) is 0 Å². The van der Waals surface area contributed by atoms with Crippen LogP contribution in [0.3, 0.4) is 0 Å². The molecule has 0 N–H and O–H groups in total. The van der Waals surface area contributed by atoms with Crippen LogP contribution in [0.25, 0.3) is 0 Å². The molecule has 2 heterocycles. The minimum Gasteiger partial charge on any atom is -0.375 e. The highest BCUT2D eigenvalue weighted by atomic mass is 32.2. The molecule has 108 valence electrons. The van der Waals surface area contributed by atoms with Crippen LogP contribution in [0.1, 0.15) is 31.2 Å². The van der Waals surface area contributed by atoms with Crippen molar-refractivity contribution in [2.24, 2.45) is 0 Å². The first-order chi connectivity index (χ1) is 9.90. The summed E-state index contributed by atoms with van der Waals surface area (Å²) < 4.78 is 5.99. The first-order valence-electron chi connectivity index (χ1n) is 8.00. The fraction of sp³-hybridized carbons (Fsp3) is 0.647. The second-order valence-corrected chi connectivity index (χ2v) is 7.65. The van der Waals surface area contributed by atoms with Gasteiger partial charge < -0.3 is 4.74 Å². The average molecular weight is 289 g/mol. The molecular formula is C17H23NOS. The van der Waals surface area contributed by atoms with Crippen LogP contribution in [0.4, 0.5) is 0 Å². The summed E-state index contributed by atoms with van der Waals surface area (Å²) in [5, 5.41) is 0.744. The smallest absolute Gasteiger partial charge is 0.0730 e. The zero-order valence-corrected chi connectivity index (χ0v) is 12.8. The fourth-order valence-electron chi connectivity index (χ4n) is 4.02. The molecule has 0 radical (unpaired) electrons. The van der Waals surface area contributed by atoms with Gasteiger partial charge in [-0.2, -0.15) is 0 Å². The minimum atomic E-state index is 0.520. The highest BCUT2D eigenvalue weighted by molar-refractivity contribution is 8.00. The van der Waals surface area contributed by atoms with Gasteiger partial charge in [0.1, 0.15) is 0 Å². The molecule has 20 heavy (non-hydrogen) atoms. The summed E-state index contributed by atoms with van der Waals surface area (Å²) in [5.41, 5.74) is 1.55. The number of morpholine rings is 1. The molecule has 1 saturated carbocycles. The number of hydrogen-bond acceptors (Lipinski definition) is 3. The average Bonchev–Trinajstić information content (AvgIpc) is 2.90. The first kappa shape index (κ1) is 13.2. The Bertz CT molecular complexity index is 451. The maximum atomic E-state index is 5.99. The molecule has 1 aromatic carbocycles. The van der Waals surface area contributed by atoms with E-state index in [-0.39, 0.29) is 0 Å². The molecular weight excluding hydrogens is 266 g/mol. The highest BCUT2D eigenvalue weighted by Crippen LogP contribution is 2.38. The van der Waals surface area contributed by atoms with Crippen LogP contribution in [0.15, 0.2) is 29.2 Å². The Morgan fingerprint density at radius 2 is 2.10 bits per heavy atom. The normalized spacial score (nSPS) is 33.7. The Hall–Kier alpha value is -0.510. The van der Waals surface area contributed by atoms with E-state index >= 15 is 0 Å². The largest absolute Gasteiger partial charge is 0.375 e. The lowest BCUT2D eigenvalue weighted by Gasteiger charge is -2.44. The molecule has 0 amide bonds. The van der Waals surface area contributed by atoms with E-state index in [1.165, 1.54) is 43.5 Å². The molecule has 3 atom stereocenters. The minimum absolute atomic E-state index is 0.520. The van der Waals surface area contributed by atoms with E-state index in [4.69, 9.17) is 4.74 Å². The third-order valence-corrected chi connectivity index (χ3v) is 6.30. The third-order valence-electron chi connectivity index (χ3n) is 5.00. The zero-order valence-electron chi connectivity index (χ0n) is 12.0. The summed E-state index contributed by atoms with van der Waals surface area (Å²) in [4.78, 5) is 4.24. The molecule has 2 fully saturated rings. The molecule has 3 unspecified atom stereocenters. The molecule has 0 spiro atoms. The summed E-state index contributed by atoms with van der Waals surface area (Å²) in [7, 11) is 0. The van der Waals surface area contributed by atoms with Gasteiger partial charge in [0.2, 0.25) is 0 Å². The van der Waals surface area contributed by atoms with Gasteiger partial charge in [-0.15, -0.1) is 11.8 Å². The molecule has 1 saturated heterocycles. The predicted molar refractivity (Wildman–Crippen MR) is 83.4 cm³/mol. The fourth-order valence-corrected chi connectivity index (χ4v) is 5.37. The molecule has 1 aliphatic carbocycles. The van der Waals surface area contributed by atoms with E-state index in [1.807, 2.05) is 0 Å². The van der Waals surface area contributed by atoms with Crippen molar-refractivity contribution in [2.75, 3.05) is 19.7 Å². The Morgan fingerprint density at radius 1 is 1.20 bits per heavy atom. The number of ether oxygens (including phenoxy) is 1. The molecule has 0 bridgehead atoms. The number of hydrogen-bond donors (Lipinski definition) is 0. The van der Waals surface area contributed by atoms with Gasteiger partial charge in [0, 0.05) is 29.3 Å². The lowest BCUT2D eigenvalue weighted by molar-refractivity contribution is -0.0875. The van der Waals surface area contributed by atoms with Gasteiger partial charge in [-0.25, -0.2) is 0 Å². The van der Waals surface area contributed by atoms with Crippen LogP contribution >= 0.6 is 11.8 Å². The number of thioether (sulfide) groups is 1. The van der Waals surface area contributed by atoms with Crippen molar-refractivity contribution in [2.45, 2.75) is 54.4 Å². The van der Waals surface area contributed by atoms with Crippen molar-refractivity contribution >= 4 is 11.8 Å². The van der Waals surface area contributed by atoms with E-state index in [0.717, 1.165) is 18.4 Å². The summed E-state index contributed by atoms with van der Waals surface area (Å²) in [6.45, 7) is 3.31. The standard InChI is InChI=1S/C17H23NOS/c1-4-8-17-13(5-1)11-14(20-17)12-18-9-10-19-16-7-3-2-6-15(16)18/h1,4-5,8,14-16H,2-3,6-7,9-12H2. The second kappa shape index (κ2) is 5.70. The van der Waals surface area contributed by atoms with E-state index < -0.39 is 0 Å². The van der Waals surface area contributed by atoms with Crippen LogP contribution < -0.4 is 0 Å². The lowest BCUT2D eigenvalue weighted by atomic mass is 9.90. The SMILES string of the molecule is c1ccc2c(c1)CC(CN1CCOC3CCCCC31)S2. The van der Waals surface area contributed by atoms with E-state index in [9.17, 15) is 0 Å². The van der Waals surface area contributed by atoms with E-state index in [2.05, 4.69) is 40.9 Å². The molecule has 2 aliphatic heterocycles. The summed E-state index contributed by atoms with van der Waals surface area (Å²) in [5.74, 6) is 0. The molecule has 4 rings (SSSR count). The summed E-state index contributed by atoms with van der Waals surface area (Å²) in [6, 6.07) is 9.61. The van der Waals surface area contributed by atoms with Gasteiger partial charge in [-0.05, 0) is 30.9 Å². The van der Waals surface area contributed by atoms with Crippen LogP contribution in [-0.2, 0) is 11.2 Å². The van der Waals surface area contributed by atoms with Gasteiger partial charge in [-0.3, -0.25) is 4.90 Å². The Labute approximate surface area is 125 Å². The molecule has 3 aliphatic rings. The van der Waals surface area contributed by atoms with Crippen LogP contribution in [-0.4, -0.2) is 42.0 Å². The Kier molecular flexibility index (Phi) is 3.76. The van der Waals surface area contributed by atoms with Crippen molar-refractivity contribution in [3.63, 3.8) is 0 Å². The number of benzene rings is 1. The van der Waals surface area contributed by atoms with Gasteiger partial charge in [-0.1, -0.05) is 31.0 Å². The maximum absolute atomic E-state index is 5.99. The lowest BCUT2D eigenvalue weighted by Crippen LogP contribution is -2.54. The zero-order chi connectivity index (χ0) is 13.4. The highest BCUT2D eigenvalue weighted by Gasteiger charge is 2.36. The topological polar surface area (TPSA) is 12.5 Å². The maximum Gasteiger partial charge on any atom is 0.0730 e. The number of rotatable bonds is 2. The predicted octanol–water partition coefficient (Wildman–Crippen LogP) is 3.35. The molecule has 1 aromatic rings. The third kappa shape index (κ3) is 2.51. The van der Waals surface area contributed by atoms with Gasteiger partial charge >= 0.3 is 0 Å². The monoisotopic (exact) mass is 289 g/mol. The molecule has 2 nitrogen and oxygen atoms in total. The quantitative estimate of drug-likeness (QED) is 0.828. The Balaban J connectivity index is 1.42. The van der Waals surface area contributed by atoms with Crippen LogP contribution in [0.5, 0.6) is 0 Å². The Morgan fingerprint density at radius 3 is 3.05 bits per heavy atom. The van der Waals surface area contributed by atoms with Gasteiger partial charge in [0.25, 0.3) is 0 Å². The van der Waals surface area contributed by atoms with Crippen molar-refractivity contribution in [1.82, 2.24) is 4.90 Å². The summed E-state index contributed by atoms with van der Waals surface area (Å²) in [6.07, 6.45) is 7.13. The van der Waals surface area contributed by atoms with Gasteiger partial charge in [0.05, 0.1) is 12.7 Å². The summed E-state index contributed by atoms with van der Waals surface area (Å²) >= 11 is 2.09. The van der Waals surface area contributed by atoms with E-state index in [1.54, 1.807) is 5.56 Å².